The van der Waals surface area contributed by atoms with Gasteiger partial charge in [-0.2, -0.15) is 34.8 Å². The second-order valence-electron chi connectivity index (χ2n) is 8.96. The first kappa shape index (κ1) is 32.0. The molecule has 0 saturated heterocycles. The monoisotopic (exact) mass is 635 g/mol. The van der Waals surface area contributed by atoms with Crippen molar-refractivity contribution in [3.05, 3.63) is 23.2 Å². The van der Waals surface area contributed by atoms with Crippen LogP contribution in [0.25, 0.3) is 0 Å². The largest absolute Gasteiger partial charge is 0.486 e. The number of aliphatic carboxylic acids is 1. The Bertz CT molecular complexity index is 1410. The number of benzene rings is 1. The van der Waals surface area contributed by atoms with Gasteiger partial charge in [-0.05, 0) is 45.4 Å². The van der Waals surface area contributed by atoms with Gasteiger partial charge in [-0.3, -0.25) is 14.4 Å². The summed E-state index contributed by atoms with van der Waals surface area (Å²) in [7, 11) is -4.95. The van der Waals surface area contributed by atoms with Crippen molar-refractivity contribution in [1.82, 2.24) is 4.98 Å². The molecule has 0 saturated carbocycles. The van der Waals surface area contributed by atoms with Crippen LogP contribution in [0, 0.1) is 0 Å². The smallest absolute Gasteiger partial charge is 0.443 e. The number of ether oxygens (including phenoxy) is 3. The highest BCUT2D eigenvalue weighted by atomic mass is 32.2. The lowest BCUT2D eigenvalue weighted by Gasteiger charge is -2.35. The highest BCUT2D eigenvalue weighted by Crippen LogP contribution is 2.44. The van der Waals surface area contributed by atoms with Crippen LogP contribution >= 0.6 is 11.3 Å². The fourth-order valence-corrected chi connectivity index (χ4v) is 6.07. The molecule has 0 spiro atoms. The quantitative estimate of drug-likeness (QED) is 0.352. The van der Waals surface area contributed by atoms with Crippen molar-refractivity contribution in [3.63, 3.8) is 0 Å². The average Bonchev–Trinajstić information content (AvgIpc) is 3.27. The number of alkyl halides is 6. The van der Waals surface area contributed by atoms with Gasteiger partial charge in [0.1, 0.15) is 11.9 Å². The van der Waals surface area contributed by atoms with Crippen LogP contribution in [-0.2, 0) is 25.7 Å². The van der Waals surface area contributed by atoms with Crippen LogP contribution in [0.15, 0.2) is 23.2 Å². The molecule has 2 N–H and O–H groups in total. The number of hydrogen-bond acceptors (Lipinski definition) is 9. The van der Waals surface area contributed by atoms with Gasteiger partial charge in [-0.15, -0.1) is 0 Å². The first-order valence-electron chi connectivity index (χ1n) is 11.6. The Hall–Kier alpha value is -3.48. The molecule has 3 rings (SSSR count). The number of hydrogen-bond donors (Lipinski definition) is 2. The van der Waals surface area contributed by atoms with Crippen molar-refractivity contribution in [2.75, 3.05) is 22.8 Å². The Balaban J connectivity index is 2.05. The lowest BCUT2D eigenvalue weighted by Crippen LogP contribution is -2.44. The molecule has 228 valence electrons. The number of anilines is 2. The standard InChI is InChI=1S/C22H23F6N3O8S2/c1-4-37-17-16(30-18(40-17)21(23,24)25)41(35,36)31-10-12(6-8-15(32)33)38-14-7-5-11(9-13(14)31)29-19(34)39-20(2,3)22(26,27)28/h5,7,9,12H,4,6,8,10H2,1-3H3,(H,29,34)(H,32,33). The maximum absolute atomic E-state index is 13.7. The summed E-state index contributed by atoms with van der Waals surface area (Å²) in [6, 6.07) is 3.27. The predicted molar refractivity (Wildman–Crippen MR) is 131 cm³/mol. The van der Waals surface area contributed by atoms with Crippen LogP contribution in [0.3, 0.4) is 0 Å². The third-order valence-corrected chi connectivity index (χ3v) is 8.30. The number of rotatable bonds is 9. The molecular formula is C22H23F6N3O8S2. The summed E-state index contributed by atoms with van der Waals surface area (Å²) in [5.41, 5.74) is -3.45. The molecule has 0 bridgehead atoms. The van der Waals surface area contributed by atoms with Crippen molar-refractivity contribution in [1.29, 1.82) is 0 Å². The van der Waals surface area contributed by atoms with E-state index in [1.807, 2.05) is 5.32 Å². The molecule has 0 aliphatic carbocycles. The zero-order chi connectivity index (χ0) is 31.0. The minimum Gasteiger partial charge on any atom is -0.486 e. The lowest BCUT2D eigenvalue weighted by molar-refractivity contribution is -0.242. The van der Waals surface area contributed by atoms with Gasteiger partial charge >= 0.3 is 24.4 Å². The normalized spacial score (nSPS) is 16.0. The third-order valence-electron chi connectivity index (χ3n) is 5.47. The zero-order valence-electron chi connectivity index (χ0n) is 21.4. The number of carboxylic acid groups (broad SMARTS) is 1. The number of nitrogens with one attached hydrogen (secondary N) is 1. The Kier molecular flexibility index (Phi) is 8.92. The molecule has 2 heterocycles. The molecule has 1 aliphatic heterocycles. The number of nitrogens with zero attached hydrogens (tertiary/aromatic N) is 2. The minimum absolute atomic E-state index is 0.0417. The summed E-state index contributed by atoms with van der Waals surface area (Å²) in [4.78, 5) is 26.5. The second-order valence-corrected chi connectivity index (χ2v) is 11.7. The van der Waals surface area contributed by atoms with Crippen molar-refractivity contribution >= 4 is 44.8 Å². The highest BCUT2D eigenvalue weighted by molar-refractivity contribution is 7.93. The topological polar surface area (TPSA) is 144 Å². The highest BCUT2D eigenvalue weighted by Gasteiger charge is 2.51. The Labute approximate surface area is 233 Å². The van der Waals surface area contributed by atoms with Crippen LogP contribution in [0.2, 0.25) is 0 Å². The number of carbonyl (C=O) groups is 2. The number of thiazole rings is 1. The molecule has 0 fully saturated rings. The van der Waals surface area contributed by atoms with E-state index in [1.54, 1.807) is 0 Å². The van der Waals surface area contributed by atoms with Crippen LogP contribution in [-0.4, -0.2) is 61.6 Å². The fraction of sp³-hybridized carbons (Fsp3) is 0.500. The molecule has 11 nitrogen and oxygen atoms in total. The third kappa shape index (κ3) is 7.24. The molecule has 1 amide bonds. The molecule has 1 aromatic heterocycles. The van der Waals surface area contributed by atoms with Gasteiger partial charge in [-0.1, -0.05) is 11.3 Å². The van der Waals surface area contributed by atoms with Crippen LogP contribution in [0.1, 0.15) is 38.6 Å². The number of aromatic nitrogens is 1. The Morgan fingerprint density at radius 2 is 1.88 bits per heavy atom. The van der Waals surface area contributed by atoms with Crippen LogP contribution in [0.5, 0.6) is 10.8 Å². The molecule has 2 aromatic rings. The Morgan fingerprint density at radius 3 is 2.44 bits per heavy atom. The summed E-state index contributed by atoms with van der Waals surface area (Å²) < 4.78 is 123. The van der Waals surface area contributed by atoms with E-state index in [1.165, 1.54) is 6.92 Å². The SMILES string of the molecule is CCOc1sc(C(F)(F)F)nc1S(=O)(=O)N1CC(CCC(=O)O)Oc2ccc(NC(=O)OC(C)(C)C(F)(F)F)cc21. The van der Waals surface area contributed by atoms with E-state index in [2.05, 4.69) is 9.72 Å². The van der Waals surface area contributed by atoms with Gasteiger partial charge in [0.2, 0.25) is 20.7 Å². The van der Waals surface area contributed by atoms with E-state index in [-0.39, 0.29) is 41.5 Å². The fourth-order valence-electron chi connectivity index (χ4n) is 3.39. The van der Waals surface area contributed by atoms with Crippen LogP contribution in [0.4, 0.5) is 42.5 Å². The molecule has 1 atom stereocenters. The summed E-state index contributed by atoms with van der Waals surface area (Å²) in [6.07, 6.45) is -13.1. The maximum Gasteiger partial charge on any atom is 0.443 e. The first-order chi connectivity index (χ1) is 18.8. The Morgan fingerprint density at radius 1 is 1.22 bits per heavy atom. The van der Waals surface area contributed by atoms with Crippen molar-refractivity contribution in [2.45, 2.75) is 62.7 Å². The molecular weight excluding hydrogens is 612 g/mol. The van der Waals surface area contributed by atoms with Crippen LogP contribution < -0.4 is 19.1 Å². The second kappa shape index (κ2) is 11.4. The summed E-state index contributed by atoms with van der Waals surface area (Å²) in [6.45, 7) is 1.84. The average molecular weight is 636 g/mol. The molecule has 1 unspecified atom stereocenters. The predicted octanol–water partition coefficient (Wildman–Crippen LogP) is 5.27. The summed E-state index contributed by atoms with van der Waals surface area (Å²) in [5.74, 6) is -1.39. The minimum atomic E-state index is -5.00. The van der Waals surface area contributed by atoms with Crippen molar-refractivity contribution < 1.29 is 63.7 Å². The van der Waals surface area contributed by atoms with Gasteiger partial charge in [0.15, 0.2) is 0 Å². The van der Waals surface area contributed by atoms with E-state index in [4.69, 9.17) is 14.6 Å². The summed E-state index contributed by atoms with van der Waals surface area (Å²) in [5, 5.41) is 7.85. The first-order valence-corrected chi connectivity index (χ1v) is 13.8. The molecule has 0 radical (unpaired) electrons. The van der Waals surface area contributed by atoms with Gasteiger partial charge in [-0.25, -0.2) is 9.78 Å². The van der Waals surface area contributed by atoms with Gasteiger partial charge in [0.25, 0.3) is 10.0 Å². The number of halogens is 6. The zero-order valence-corrected chi connectivity index (χ0v) is 23.1. The number of fused-ring (bicyclic) bond motifs is 1. The molecule has 41 heavy (non-hydrogen) atoms. The van der Waals surface area contributed by atoms with E-state index < -0.39 is 74.2 Å². The van der Waals surface area contributed by atoms with Gasteiger partial charge in [0.05, 0.1) is 18.8 Å². The maximum atomic E-state index is 13.7. The molecule has 1 aliphatic rings. The van der Waals surface area contributed by atoms with E-state index in [0.717, 1.165) is 18.2 Å². The molecule has 1 aromatic carbocycles. The number of carboxylic acids is 1. The summed E-state index contributed by atoms with van der Waals surface area (Å²) >= 11 is -0.0417. The van der Waals surface area contributed by atoms with Crippen molar-refractivity contribution in [2.24, 2.45) is 0 Å². The molecule has 19 heteroatoms. The lowest BCUT2D eigenvalue weighted by atomic mass is 10.1. The number of amides is 1. The van der Waals surface area contributed by atoms with E-state index >= 15 is 0 Å². The van der Waals surface area contributed by atoms with E-state index in [9.17, 15) is 44.3 Å². The van der Waals surface area contributed by atoms with Gasteiger partial charge < -0.3 is 19.3 Å². The van der Waals surface area contributed by atoms with E-state index in [0.29, 0.717) is 18.2 Å². The van der Waals surface area contributed by atoms with Gasteiger partial charge in [0, 0.05) is 12.1 Å². The number of sulfonamides is 1. The number of carbonyl (C=O) groups excluding carboxylic acids is 1. The van der Waals surface area contributed by atoms with Crippen molar-refractivity contribution in [3.8, 4) is 10.8 Å².